The van der Waals surface area contributed by atoms with Crippen LogP contribution in [0, 0.1) is 0 Å². The van der Waals surface area contributed by atoms with Crippen LogP contribution in [0.5, 0.6) is 0 Å². The molecule has 1 aliphatic rings. The van der Waals surface area contributed by atoms with Crippen LogP contribution in [0.4, 0.5) is 0 Å². The van der Waals surface area contributed by atoms with Crippen LogP contribution >= 0.6 is 11.8 Å². The fraction of sp³-hybridized carbons (Fsp3) is 0.400. The SMILES string of the molecule is O=C(O)CC1SC=NC1=O. The van der Waals surface area contributed by atoms with Crippen molar-refractivity contribution < 1.29 is 14.7 Å². The van der Waals surface area contributed by atoms with E-state index in [0.717, 1.165) is 11.8 Å². The summed E-state index contributed by atoms with van der Waals surface area (Å²) in [5, 5.41) is 7.78. The lowest BCUT2D eigenvalue weighted by atomic mass is 10.3. The van der Waals surface area contributed by atoms with Gasteiger partial charge in [-0.25, -0.2) is 4.99 Å². The molecule has 0 aromatic carbocycles. The standard InChI is InChI=1S/C5H5NO3S/c7-4(8)1-3-5(9)6-2-10-3/h2-3H,1H2,(H,7,8). The molecule has 4 nitrogen and oxygen atoms in total. The summed E-state index contributed by atoms with van der Waals surface area (Å²) in [6.45, 7) is 0. The van der Waals surface area contributed by atoms with E-state index in [9.17, 15) is 9.59 Å². The van der Waals surface area contributed by atoms with Gasteiger partial charge in [0.05, 0.1) is 12.0 Å². The van der Waals surface area contributed by atoms with E-state index in [1.54, 1.807) is 0 Å². The minimum absolute atomic E-state index is 0.135. The molecule has 0 fully saturated rings. The molecule has 0 spiro atoms. The predicted molar refractivity (Wildman–Crippen MR) is 37.1 cm³/mol. The smallest absolute Gasteiger partial charge is 0.305 e. The minimum atomic E-state index is -0.962. The highest BCUT2D eigenvalue weighted by molar-refractivity contribution is 8.13. The average molecular weight is 159 g/mol. The molecule has 10 heavy (non-hydrogen) atoms. The number of carbonyl (C=O) groups is 2. The van der Waals surface area contributed by atoms with Crippen molar-refractivity contribution in [2.75, 3.05) is 0 Å². The summed E-state index contributed by atoms with van der Waals surface area (Å²) in [6, 6.07) is 0. The maximum absolute atomic E-state index is 10.6. The molecule has 1 unspecified atom stereocenters. The second kappa shape index (κ2) is 2.83. The molecule has 0 saturated carbocycles. The van der Waals surface area contributed by atoms with Crippen LogP contribution < -0.4 is 0 Å². The number of hydrogen-bond acceptors (Lipinski definition) is 3. The van der Waals surface area contributed by atoms with Gasteiger partial charge in [0.15, 0.2) is 0 Å². The quantitative estimate of drug-likeness (QED) is 0.622. The van der Waals surface area contributed by atoms with E-state index >= 15 is 0 Å². The first-order chi connectivity index (χ1) is 4.70. The summed E-state index contributed by atoms with van der Waals surface area (Å²) >= 11 is 1.16. The maximum atomic E-state index is 10.6. The molecule has 0 radical (unpaired) electrons. The van der Waals surface area contributed by atoms with Gasteiger partial charge < -0.3 is 5.11 Å². The van der Waals surface area contributed by atoms with Crippen LogP contribution in [0.25, 0.3) is 0 Å². The Balaban J connectivity index is 2.45. The Morgan fingerprint density at radius 1 is 1.90 bits per heavy atom. The second-order valence-electron chi connectivity index (χ2n) is 1.80. The number of carboxylic acid groups (broad SMARTS) is 1. The number of thioether (sulfide) groups is 1. The zero-order valence-corrected chi connectivity index (χ0v) is 5.80. The van der Waals surface area contributed by atoms with Gasteiger partial charge in [0.25, 0.3) is 5.91 Å². The molecule has 5 heteroatoms. The number of aliphatic carboxylic acids is 1. The molecule has 0 aromatic heterocycles. The molecule has 1 rings (SSSR count). The third-order valence-electron chi connectivity index (χ3n) is 1.04. The Kier molecular flexibility index (Phi) is 2.06. The lowest BCUT2D eigenvalue weighted by Crippen LogP contribution is -2.15. The van der Waals surface area contributed by atoms with Gasteiger partial charge in [0, 0.05) is 0 Å². The minimum Gasteiger partial charge on any atom is -0.481 e. The Bertz CT molecular complexity index is 201. The molecule has 0 bridgehead atoms. The van der Waals surface area contributed by atoms with Crippen LogP contribution in [0.3, 0.4) is 0 Å². The van der Waals surface area contributed by atoms with Crippen LogP contribution in [-0.4, -0.2) is 27.8 Å². The first kappa shape index (κ1) is 7.27. The van der Waals surface area contributed by atoms with E-state index in [1.807, 2.05) is 0 Å². The van der Waals surface area contributed by atoms with Crippen molar-refractivity contribution in [2.45, 2.75) is 11.7 Å². The lowest BCUT2D eigenvalue weighted by molar-refractivity contribution is -0.138. The highest BCUT2D eigenvalue weighted by Gasteiger charge is 2.24. The first-order valence-corrected chi connectivity index (χ1v) is 3.58. The summed E-state index contributed by atoms with van der Waals surface area (Å²) in [7, 11) is 0. The van der Waals surface area contributed by atoms with Crippen molar-refractivity contribution >= 4 is 29.2 Å². The molecule has 1 aliphatic heterocycles. The summed E-state index contributed by atoms with van der Waals surface area (Å²) < 4.78 is 0. The van der Waals surface area contributed by atoms with Crippen molar-refractivity contribution in [1.82, 2.24) is 0 Å². The van der Waals surface area contributed by atoms with Crippen LogP contribution in [-0.2, 0) is 9.59 Å². The Morgan fingerprint density at radius 2 is 2.60 bits per heavy atom. The molecule has 54 valence electrons. The number of carboxylic acids is 1. The Labute approximate surface area is 61.3 Å². The molecule has 0 saturated heterocycles. The van der Waals surface area contributed by atoms with E-state index in [-0.39, 0.29) is 12.3 Å². The van der Waals surface area contributed by atoms with Gasteiger partial charge in [-0.2, -0.15) is 0 Å². The van der Waals surface area contributed by atoms with Crippen molar-refractivity contribution in [3.8, 4) is 0 Å². The van der Waals surface area contributed by atoms with Gasteiger partial charge in [-0.15, -0.1) is 0 Å². The topological polar surface area (TPSA) is 66.7 Å². The predicted octanol–water partition coefficient (Wildman–Crippen LogP) is 0.131. The molecule has 1 N–H and O–H groups in total. The monoisotopic (exact) mass is 159 g/mol. The number of hydrogen-bond donors (Lipinski definition) is 1. The van der Waals surface area contributed by atoms with Crippen LogP contribution in [0.2, 0.25) is 0 Å². The van der Waals surface area contributed by atoms with E-state index in [0.29, 0.717) is 0 Å². The van der Waals surface area contributed by atoms with Crippen molar-refractivity contribution in [2.24, 2.45) is 4.99 Å². The Hall–Kier alpha value is -0.840. The van der Waals surface area contributed by atoms with Gasteiger partial charge in [-0.05, 0) is 0 Å². The number of nitrogens with zero attached hydrogens (tertiary/aromatic N) is 1. The van der Waals surface area contributed by atoms with E-state index in [2.05, 4.69) is 4.99 Å². The normalized spacial score (nSPS) is 23.6. The molecular formula is C5H5NO3S. The number of carbonyl (C=O) groups excluding carboxylic acids is 1. The molecular weight excluding hydrogens is 154 g/mol. The Morgan fingerprint density at radius 3 is 3.00 bits per heavy atom. The lowest BCUT2D eigenvalue weighted by Gasteiger charge is -1.98. The van der Waals surface area contributed by atoms with Gasteiger partial charge in [0.1, 0.15) is 5.25 Å². The zero-order valence-electron chi connectivity index (χ0n) is 4.98. The van der Waals surface area contributed by atoms with Crippen molar-refractivity contribution in [3.05, 3.63) is 0 Å². The summed E-state index contributed by atoms with van der Waals surface area (Å²) in [5.74, 6) is -1.30. The van der Waals surface area contributed by atoms with Crippen molar-refractivity contribution in [1.29, 1.82) is 0 Å². The molecule has 1 heterocycles. The van der Waals surface area contributed by atoms with E-state index in [4.69, 9.17) is 5.11 Å². The summed E-state index contributed by atoms with van der Waals surface area (Å²) in [4.78, 5) is 24.1. The fourth-order valence-corrected chi connectivity index (χ4v) is 1.32. The highest BCUT2D eigenvalue weighted by atomic mass is 32.2. The van der Waals surface area contributed by atoms with Gasteiger partial charge in [0.2, 0.25) is 0 Å². The van der Waals surface area contributed by atoms with Crippen LogP contribution in [0.15, 0.2) is 4.99 Å². The molecule has 0 aromatic rings. The van der Waals surface area contributed by atoms with Gasteiger partial charge in [-0.3, -0.25) is 9.59 Å². The highest BCUT2D eigenvalue weighted by Crippen LogP contribution is 2.19. The summed E-state index contributed by atoms with van der Waals surface area (Å²) in [5.41, 5.74) is 1.38. The van der Waals surface area contributed by atoms with Gasteiger partial charge in [-0.1, -0.05) is 11.8 Å². The third kappa shape index (κ3) is 1.57. The number of amides is 1. The summed E-state index contributed by atoms with van der Waals surface area (Å²) in [6.07, 6.45) is -0.135. The molecule has 1 atom stereocenters. The van der Waals surface area contributed by atoms with E-state index in [1.165, 1.54) is 5.55 Å². The fourth-order valence-electron chi connectivity index (χ4n) is 0.591. The first-order valence-electron chi connectivity index (χ1n) is 2.64. The maximum Gasteiger partial charge on any atom is 0.305 e. The second-order valence-corrected chi connectivity index (χ2v) is 2.85. The van der Waals surface area contributed by atoms with Gasteiger partial charge >= 0.3 is 5.97 Å². The third-order valence-corrected chi connectivity index (χ3v) is 1.96. The van der Waals surface area contributed by atoms with Crippen molar-refractivity contribution in [3.63, 3.8) is 0 Å². The average Bonchev–Trinajstić information content (AvgIpc) is 2.15. The largest absolute Gasteiger partial charge is 0.481 e. The zero-order chi connectivity index (χ0) is 7.56. The molecule has 0 aliphatic carbocycles. The number of rotatable bonds is 2. The number of aliphatic imine (C=N–C) groups is 1. The van der Waals surface area contributed by atoms with Crippen LogP contribution in [0.1, 0.15) is 6.42 Å². The van der Waals surface area contributed by atoms with E-state index < -0.39 is 11.2 Å². The molecule has 1 amide bonds.